The Labute approximate surface area is 162 Å². The Kier molecular flexibility index (Phi) is 5.78. The number of alkyl halides is 6. The summed E-state index contributed by atoms with van der Waals surface area (Å²) in [7, 11) is 0. The summed E-state index contributed by atoms with van der Waals surface area (Å²) in [5, 5.41) is 8.84. The third-order valence-corrected chi connectivity index (χ3v) is 5.33. The van der Waals surface area contributed by atoms with Gasteiger partial charge in [0.25, 0.3) is 0 Å². The van der Waals surface area contributed by atoms with E-state index in [0.717, 1.165) is 5.69 Å². The normalized spacial score (nSPS) is 16.0. The number of allylic oxidation sites excluding steroid dienone is 3. The monoisotopic (exact) mass is 432 g/mol. The highest BCUT2D eigenvalue weighted by Gasteiger charge is 2.35. The molecule has 0 saturated carbocycles. The van der Waals surface area contributed by atoms with Gasteiger partial charge in [-0.05, 0) is 42.3 Å². The number of nitriles is 1. The molecule has 22 heavy (non-hydrogen) atoms. The Hall–Kier alpha value is 0.0800. The van der Waals surface area contributed by atoms with Crippen LogP contribution in [-0.4, -0.2) is 7.59 Å². The van der Waals surface area contributed by atoms with Crippen molar-refractivity contribution in [3.63, 3.8) is 0 Å². The minimum absolute atomic E-state index is 0.363. The van der Waals surface area contributed by atoms with Gasteiger partial charge < -0.3 is 0 Å². The van der Waals surface area contributed by atoms with Crippen molar-refractivity contribution in [2.24, 2.45) is 0 Å². The van der Waals surface area contributed by atoms with Gasteiger partial charge in [0.05, 0.1) is 22.2 Å². The third kappa shape index (κ3) is 4.55. The smallest absolute Gasteiger partial charge is 0.223 e. The van der Waals surface area contributed by atoms with E-state index in [0.29, 0.717) is 16.0 Å². The Bertz CT molecular complexity index is 664. The zero-order chi connectivity index (χ0) is 16.5. The molecule has 2 rings (SSSR count). The maximum absolute atomic E-state index is 8.84. The summed E-state index contributed by atoms with van der Waals surface area (Å²) in [5.41, 5.74) is 1.64. The van der Waals surface area contributed by atoms with Crippen molar-refractivity contribution >= 4 is 87.2 Å². The van der Waals surface area contributed by atoms with E-state index in [4.69, 9.17) is 74.9 Å². The lowest BCUT2D eigenvalue weighted by molar-refractivity contribution is 1.23. The number of anilines is 1. The molecular weight excluding hydrogens is 429 g/mol. The Morgan fingerprint density at radius 1 is 0.955 bits per heavy atom. The summed E-state index contributed by atoms with van der Waals surface area (Å²) in [6.07, 6.45) is 3.17. The molecule has 0 saturated heterocycles. The average Bonchev–Trinajstić information content (AvgIpc) is 2.45. The lowest BCUT2D eigenvalue weighted by Gasteiger charge is -2.30. The average molecular weight is 435 g/mol. The molecule has 0 atom stereocenters. The Balaban J connectivity index is 2.42. The predicted molar refractivity (Wildman–Crippen MR) is 98.0 cm³/mol. The highest BCUT2D eigenvalue weighted by molar-refractivity contribution is 8.04. The molecule has 0 spiro atoms. The van der Waals surface area contributed by atoms with Crippen LogP contribution in [0.4, 0.5) is 5.69 Å². The highest BCUT2D eigenvalue weighted by atomic mass is 35.6. The highest BCUT2D eigenvalue weighted by Crippen LogP contribution is 2.49. The van der Waals surface area contributed by atoms with Crippen molar-refractivity contribution in [3.05, 3.63) is 52.6 Å². The van der Waals surface area contributed by atoms with E-state index in [9.17, 15) is 0 Å². The van der Waals surface area contributed by atoms with Gasteiger partial charge in [-0.1, -0.05) is 69.6 Å². The largest absolute Gasteiger partial charge is 0.287 e. The van der Waals surface area contributed by atoms with Crippen LogP contribution in [0.3, 0.4) is 0 Å². The predicted octanol–water partition coefficient (Wildman–Crippen LogP) is 6.53. The van der Waals surface area contributed by atoms with Gasteiger partial charge in [0.2, 0.25) is 7.59 Å². The molecule has 0 unspecified atom stereocenters. The van der Waals surface area contributed by atoms with E-state index in [1.807, 2.05) is 6.07 Å². The molecule has 1 aromatic rings. The van der Waals surface area contributed by atoms with Crippen LogP contribution < -0.4 is 4.31 Å². The van der Waals surface area contributed by atoms with Crippen LogP contribution >= 0.6 is 81.6 Å². The van der Waals surface area contributed by atoms with Gasteiger partial charge in [-0.15, -0.1) is 0 Å². The molecule has 116 valence electrons. The summed E-state index contributed by atoms with van der Waals surface area (Å²) in [6, 6.07) is 8.89. The fourth-order valence-corrected chi connectivity index (χ4v) is 3.23. The Morgan fingerprint density at radius 2 is 1.55 bits per heavy atom. The van der Waals surface area contributed by atoms with Crippen molar-refractivity contribution in [3.8, 4) is 6.07 Å². The molecule has 0 amide bonds. The first-order valence-electron chi connectivity index (χ1n) is 5.66. The van der Waals surface area contributed by atoms with Crippen LogP contribution in [0.25, 0.3) is 0 Å². The summed E-state index contributed by atoms with van der Waals surface area (Å²) < 4.78 is -1.60. The van der Waals surface area contributed by atoms with E-state index in [1.165, 1.54) is 18.0 Å². The summed E-state index contributed by atoms with van der Waals surface area (Å²) in [4.78, 5) is 0.394. The number of hydrogen-bond acceptors (Lipinski definition) is 3. The quantitative estimate of drug-likeness (QED) is 0.371. The molecule has 1 aromatic carbocycles. The van der Waals surface area contributed by atoms with Gasteiger partial charge in [-0.2, -0.15) is 5.26 Å². The molecule has 1 heterocycles. The van der Waals surface area contributed by atoms with Crippen LogP contribution in [0.1, 0.15) is 5.56 Å². The topological polar surface area (TPSA) is 27.0 Å². The first-order valence-corrected chi connectivity index (χ1v) is 8.70. The lowest BCUT2D eigenvalue weighted by atomic mass is 10.2. The van der Waals surface area contributed by atoms with Crippen LogP contribution in [0, 0.1) is 11.3 Å². The Morgan fingerprint density at radius 3 is 2.00 bits per heavy atom. The SMILES string of the molecule is N#Cc1ccc(N2C=C(C(Cl)(Cl)Cl)C=C(C(Cl)(Cl)Cl)S2)cc1. The van der Waals surface area contributed by atoms with E-state index in [1.54, 1.807) is 34.8 Å². The molecule has 1 aliphatic heterocycles. The molecule has 0 fully saturated rings. The van der Waals surface area contributed by atoms with Crippen LogP contribution in [-0.2, 0) is 0 Å². The molecule has 9 heteroatoms. The van der Waals surface area contributed by atoms with Gasteiger partial charge in [0.15, 0.2) is 0 Å². The molecule has 1 aliphatic rings. The minimum Gasteiger partial charge on any atom is -0.287 e. The third-order valence-electron chi connectivity index (χ3n) is 2.60. The van der Waals surface area contributed by atoms with Crippen LogP contribution in [0.2, 0.25) is 0 Å². The van der Waals surface area contributed by atoms with E-state index in [-0.39, 0.29) is 0 Å². The van der Waals surface area contributed by atoms with Crippen molar-refractivity contribution in [2.75, 3.05) is 4.31 Å². The number of rotatable bonds is 1. The van der Waals surface area contributed by atoms with E-state index < -0.39 is 7.59 Å². The second-order valence-corrected chi connectivity index (χ2v) is 9.74. The molecule has 2 nitrogen and oxygen atoms in total. The summed E-state index contributed by atoms with van der Waals surface area (Å²) >= 11 is 36.8. The van der Waals surface area contributed by atoms with Gasteiger partial charge >= 0.3 is 0 Å². The fourth-order valence-electron chi connectivity index (χ4n) is 1.56. The molecule has 0 aromatic heterocycles. The van der Waals surface area contributed by atoms with Crippen LogP contribution in [0.5, 0.6) is 0 Å². The number of halogens is 6. The molecule has 0 bridgehead atoms. The molecular formula is C13H6Cl6N2S. The van der Waals surface area contributed by atoms with Crippen molar-refractivity contribution in [2.45, 2.75) is 7.59 Å². The first-order chi connectivity index (χ1) is 10.1. The van der Waals surface area contributed by atoms with Gasteiger partial charge in [0.1, 0.15) is 0 Å². The standard InChI is InChI=1S/C13H6Cl6N2S/c14-12(15,16)9-5-11(13(17,18)19)22-21(7-9)10-3-1-8(6-20)2-4-10/h1-5,7H. The van der Waals surface area contributed by atoms with Crippen LogP contribution in [0.15, 0.2) is 47.0 Å². The van der Waals surface area contributed by atoms with Gasteiger partial charge in [-0.3, -0.25) is 4.31 Å². The van der Waals surface area contributed by atoms with Gasteiger partial charge in [-0.25, -0.2) is 0 Å². The lowest BCUT2D eigenvalue weighted by Crippen LogP contribution is -2.21. The molecule has 0 aliphatic carbocycles. The second-order valence-electron chi connectivity index (χ2n) is 4.16. The molecule has 0 radical (unpaired) electrons. The number of benzene rings is 1. The maximum Gasteiger partial charge on any atom is 0.223 e. The van der Waals surface area contributed by atoms with Crippen molar-refractivity contribution < 1.29 is 0 Å². The van der Waals surface area contributed by atoms with E-state index >= 15 is 0 Å². The molecule has 0 N–H and O–H groups in total. The summed E-state index contributed by atoms with van der Waals surface area (Å²) in [5.74, 6) is 0. The van der Waals surface area contributed by atoms with Crippen molar-refractivity contribution in [1.82, 2.24) is 0 Å². The summed E-state index contributed by atoms with van der Waals surface area (Å²) in [6.45, 7) is 0. The van der Waals surface area contributed by atoms with E-state index in [2.05, 4.69) is 0 Å². The van der Waals surface area contributed by atoms with Gasteiger partial charge in [0, 0.05) is 11.8 Å². The fraction of sp³-hybridized carbons (Fsp3) is 0.154. The second kappa shape index (κ2) is 6.91. The zero-order valence-corrected chi connectivity index (χ0v) is 15.9. The van der Waals surface area contributed by atoms with Crippen molar-refractivity contribution in [1.29, 1.82) is 5.26 Å². The number of hydrogen-bond donors (Lipinski definition) is 0. The first kappa shape index (κ1) is 18.4. The number of nitrogens with zero attached hydrogens (tertiary/aromatic N) is 2. The zero-order valence-electron chi connectivity index (χ0n) is 10.5. The minimum atomic E-state index is -1.66. The maximum atomic E-state index is 8.84.